The van der Waals surface area contributed by atoms with Crippen molar-refractivity contribution in [1.29, 1.82) is 0 Å². The number of ether oxygens (including phenoxy) is 1. The first kappa shape index (κ1) is 18.8. The van der Waals surface area contributed by atoms with E-state index < -0.39 is 23.6 Å². The molecule has 0 aliphatic rings. The molecule has 0 aliphatic heterocycles. The number of aromatic nitrogens is 2. The van der Waals surface area contributed by atoms with Crippen molar-refractivity contribution in [2.45, 2.75) is 32.5 Å². The van der Waals surface area contributed by atoms with Crippen molar-refractivity contribution in [3.8, 4) is 0 Å². The molecule has 10 heteroatoms. The van der Waals surface area contributed by atoms with Gasteiger partial charge in [0.1, 0.15) is 5.60 Å². The second-order valence-corrected chi connectivity index (χ2v) is 5.76. The van der Waals surface area contributed by atoms with E-state index in [2.05, 4.69) is 10.4 Å². The average molecular weight is 336 g/mol. The molecule has 0 spiro atoms. The van der Waals surface area contributed by atoms with Gasteiger partial charge < -0.3 is 15.0 Å². The number of nitrogens with zero attached hydrogens (tertiary/aromatic N) is 3. The Kier molecular flexibility index (Phi) is 5.62. The van der Waals surface area contributed by atoms with Crippen LogP contribution in [0.3, 0.4) is 0 Å². The zero-order chi connectivity index (χ0) is 17.8. The molecule has 2 amide bonds. The molecule has 0 bridgehead atoms. The van der Waals surface area contributed by atoms with Crippen LogP contribution in [0.25, 0.3) is 0 Å². The van der Waals surface area contributed by atoms with Crippen LogP contribution in [-0.4, -0.2) is 41.0 Å². The molecule has 0 atom stereocenters. The summed E-state index contributed by atoms with van der Waals surface area (Å²) in [6, 6.07) is 0. The van der Waals surface area contributed by atoms with E-state index in [0.29, 0.717) is 0 Å². The van der Waals surface area contributed by atoms with Gasteiger partial charge in [0.05, 0.1) is 5.69 Å². The number of halogens is 3. The molecule has 0 fully saturated rings. The molecule has 0 aromatic carbocycles. The number of alkyl halides is 3. The van der Waals surface area contributed by atoms with Crippen LogP contribution in [0.1, 0.15) is 26.5 Å². The molecule has 1 aromatic heterocycles. The van der Waals surface area contributed by atoms with Gasteiger partial charge in [-0.05, 0) is 20.8 Å². The lowest BCUT2D eigenvalue weighted by Gasteiger charge is -2.21. The number of hydrogen-bond acceptors (Lipinski definition) is 4. The molecule has 0 saturated carbocycles. The molecule has 130 valence electrons. The van der Waals surface area contributed by atoms with E-state index >= 15 is 0 Å². The van der Waals surface area contributed by atoms with E-state index in [9.17, 15) is 22.8 Å². The highest BCUT2D eigenvalue weighted by Gasteiger charge is 2.38. The second-order valence-electron chi connectivity index (χ2n) is 5.76. The molecule has 7 nitrogen and oxygen atoms in total. The molecule has 1 N–H and O–H groups in total. The summed E-state index contributed by atoms with van der Waals surface area (Å²) < 4.78 is 44.6. The Morgan fingerprint density at radius 2 is 2.04 bits per heavy atom. The summed E-state index contributed by atoms with van der Waals surface area (Å²) in [5, 5.41) is 5.69. The van der Waals surface area contributed by atoms with Crippen LogP contribution >= 0.6 is 0 Å². The van der Waals surface area contributed by atoms with E-state index in [-0.39, 0.29) is 25.2 Å². The number of hydrogen-bond donors (Lipinski definition) is 1. The lowest BCUT2D eigenvalue weighted by atomic mass is 10.2. The summed E-state index contributed by atoms with van der Waals surface area (Å²) in [7, 11) is 1.32. The molecule has 0 aliphatic carbocycles. The summed E-state index contributed by atoms with van der Waals surface area (Å²) in [5.74, 6) is 0. The smallest absolute Gasteiger partial charge is 0.437 e. The molecular weight excluding hydrogens is 317 g/mol. The van der Waals surface area contributed by atoms with Gasteiger partial charge in [-0.2, -0.15) is 18.3 Å². The number of nitrogens with one attached hydrogen (secondary N) is 1. The van der Waals surface area contributed by atoms with Crippen molar-refractivity contribution in [2.75, 3.05) is 18.0 Å². The normalized spacial score (nSPS) is 12.0. The maximum absolute atomic E-state index is 12.9. The summed E-state index contributed by atoms with van der Waals surface area (Å²) in [6.07, 6.45) is -4.06. The van der Waals surface area contributed by atoms with E-state index in [1.165, 1.54) is 7.05 Å². The van der Waals surface area contributed by atoms with E-state index in [4.69, 9.17) is 4.74 Å². The van der Waals surface area contributed by atoms with Crippen LogP contribution in [0.2, 0.25) is 0 Å². The third-order valence-electron chi connectivity index (χ3n) is 2.54. The molecular formula is C13H19F3N4O3. The largest absolute Gasteiger partial charge is 0.444 e. The third-order valence-corrected chi connectivity index (χ3v) is 2.54. The molecule has 0 unspecified atom stereocenters. The Bertz CT molecular complexity index is 564. The predicted octanol–water partition coefficient (Wildman–Crippen LogP) is 1.93. The maximum Gasteiger partial charge on any atom is 0.437 e. The fourth-order valence-electron chi connectivity index (χ4n) is 1.71. The fourth-order valence-corrected chi connectivity index (χ4v) is 1.71. The van der Waals surface area contributed by atoms with Gasteiger partial charge in [0.2, 0.25) is 6.41 Å². The van der Waals surface area contributed by atoms with E-state index in [1.807, 2.05) is 0 Å². The van der Waals surface area contributed by atoms with Crippen LogP contribution in [0.5, 0.6) is 0 Å². The van der Waals surface area contributed by atoms with Crippen molar-refractivity contribution < 1.29 is 27.5 Å². The first-order chi connectivity index (χ1) is 10.4. The van der Waals surface area contributed by atoms with E-state index in [1.54, 1.807) is 20.8 Å². The highest BCUT2D eigenvalue weighted by molar-refractivity contribution is 5.76. The van der Waals surface area contributed by atoms with Gasteiger partial charge in [0.15, 0.2) is 5.69 Å². The molecule has 1 aromatic rings. The van der Waals surface area contributed by atoms with Crippen molar-refractivity contribution >= 4 is 18.2 Å². The minimum atomic E-state index is -4.68. The van der Waals surface area contributed by atoms with Gasteiger partial charge in [-0.1, -0.05) is 0 Å². The van der Waals surface area contributed by atoms with Crippen LogP contribution < -0.4 is 10.2 Å². The quantitative estimate of drug-likeness (QED) is 0.834. The highest BCUT2D eigenvalue weighted by Crippen LogP contribution is 2.34. The van der Waals surface area contributed by atoms with Crippen molar-refractivity contribution in [3.63, 3.8) is 0 Å². The van der Waals surface area contributed by atoms with Gasteiger partial charge in [-0.15, -0.1) is 0 Å². The zero-order valence-electron chi connectivity index (χ0n) is 13.3. The van der Waals surface area contributed by atoms with Crippen LogP contribution in [0, 0.1) is 0 Å². The van der Waals surface area contributed by atoms with Gasteiger partial charge >= 0.3 is 12.3 Å². The number of carbonyl (C=O) groups excluding carboxylic acids is 2. The highest BCUT2D eigenvalue weighted by atomic mass is 19.4. The Morgan fingerprint density at radius 3 is 2.52 bits per heavy atom. The predicted molar refractivity (Wildman–Crippen MR) is 75.9 cm³/mol. The van der Waals surface area contributed by atoms with Crippen molar-refractivity contribution in [1.82, 2.24) is 15.1 Å². The topological polar surface area (TPSA) is 76.5 Å². The lowest BCUT2D eigenvalue weighted by molar-refractivity contribution is -0.141. The molecule has 0 radical (unpaired) electrons. The number of aryl methyl sites for hydroxylation is 1. The maximum atomic E-state index is 12.9. The molecule has 23 heavy (non-hydrogen) atoms. The van der Waals surface area contributed by atoms with Crippen LogP contribution in [0.15, 0.2) is 6.20 Å². The van der Waals surface area contributed by atoms with E-state index in [0.717, 1.165) is 15.8 Å². The number of carbonyl (C=O) groups is 2. The van der Waals surface area contributed by atoms with Crippen molar-refractivity contribution in [2.24, 2.45) is 7.05 Å². The molecule has 1 heterocycles. The van der Waals surface area contributed by atoms with Gasteiger partial charge in [-0.25, -0.2) is 4.79 Å². The number of amides is 2. The summed E-state index contributed by atoms with van der Waals surface area (Å²) in [6.45, 7) is 4.80. The third kappa shape index (κ3) is 5.80. The van der Waals surface area contributed by atoms with Gasteiger partial charge in [0.25, 0.3) is 0 Å². The monoisotopic (exact) mass is 336 g/mol. The number of alkyl carbamates (subject to hydrolysis) is 1. The average Bonchev–Trinajstić information content (AvgIpc) is 2.74. The molecule has 1 rings (SSSR count). The Labute approximate surface area is 131 Å². The summed E-state index contributed by atoms with van der Waals surface area (Å²) in [4.78, 5) is 23.4. The van der Waals surface area contributed by atoms with Crippen LogP contribution in [-0.2, 0) is 22.8 Å². The van der Waals surface area contributed by atoms with Gasteiger partial charge in [0, 0.05) is 26.3 Å². The number of anilines is 1. The summed E-state index contributed by atoms with van der Waals surface area (Å²) >= 11 is 0. The van der Waals surface area contributed by atoms with Crippen molar-refractivity contribution in [3.05, 3.63) is 11.9 Å². The Morgan fingerprint density at radius 1 is 1.43 bits per heavy atom. The number of rotatable bonds is 5. The summed E-state index contributed by atoms with van der Waals surface area (Å²) in [5.41, 5.74) is -2.23. The fraction of sp³-hybridized carbons (Fsp3) is 0.615. The first-order valence-corrected chi connectivity index (χ1v) is 6.73. The zero-order valence-corrected chi connectivity index (χ0v) is 13.3. The minimum absolute atomic E-state index is 0.0696. The van der Waals surface area contributed by atoms with Gasteiger partial charge in [-0.3, -0.25) is 9.48 Å². The Hall–Kier alpha value is -2.26. The lowest BCUT2D eigenvalue weighted by Crippen LogP contribution is -2.38. The Balaban J connectivity index is 2.72. The SMILES string of the molecule is Cn1cc(N(C=O)CCNC(=O)OC(C)(C)C)c(C(F)(F)F)n1. The molecule has 0 saturated heterocycles. The first-order valence-electron chi connectivity index (χ1n) is 6.73. The second kappa shape index (κ2) is 6.88. The standard InChI is InChI=1S/C13H19F3N4O3/c1-12(2,3)23-11(22)17-5-6-20(8-21)9-7-19(4)18-10(9)13(14,15)16/h7-8H,5-6H2,1-4H3,(H,17,22). The minimum Gasteiger partial charge on any atom is -0.444 e. The van der Waals surface area contributed by atoms with Crippen LogP contribution in [0.4, 0.5) is 23.7 Å².